The Labute approximate surface area is 161 Å². The van der Waals surface area contributed by atoms with Crippen molar-refractivity contribution in [2.45, 2.75) is 32.3 Å². The van der Waals surface area contributed by atoms with E-state index < -0.39 is 5.60 Å². The summed E-state index contributed by atoms with van der Waals surface area (Å²) in [5, 5.41) is 13.7. The molecule has 1 aliphatic carbocycles. The number of nitrogens with zero attached hydrogens (tertiary/aromatic N) is 2. The fraction of sp³-hybridized carbons (Fsp3) is 0.706. The maximum Gasteiger partial charge on any atom is 0.193 e. The van der Waals surface area contributed by atoms with Gasteiger partial charge in [-0.15, -0.1) is 24.0 Å². The number of hydrogen-bond donors (Lipinski definition) is 2. The Hall–Kier alpha value is -0.800. The van der Waals surface area contributed by atoms with Gasteiger partial charge in [-0.3, -0.25) is 0 Å². The van der Waals surface area contributed by atoms with Gasteiger partial charge in [0.25, 0.3) is 0 Å². The zero-order chi connectivity index (χ0) is 16.7. The van der Waals surface area contributed by atoms with Gasteiger partial charge >= 0.3 is 0 Å². The summed E-state index contributed by atoms with van der Waals surface area (Å²) < 4.78 is 11.0. The van der Waals surface area contributed by atoms with Crippen LogP contribution in [0.3, 0.4) is 0 Å². The number of aliphatic hydroxyl groups is 1. The van der Waals surface area contributed by atoms with Gasteiger partial charge in [-0.05, 0) is 44.7 Å². The van der Waals surface area contributed by atoms with Crippen LogP contribution >= 0.6 is 24.0 Å². The van der Waals surface area contributed by atoms with E-state index in [1.54, 1.807) is 25.3 Å². The average Bonchev–Trinajstić information content (AvgIpc) is 3.16. The normalized spacial score (nSPS) is 17.1. The molecule has 1 aromatic rings. The van der Waals surface area contributed by atoms with Gasteiger partial charge < -0.3 is 24.5 Å². The highest BCUT2D eigenvalue weighted by atomic mass is 127. The molecule has 0 bridgehead atoms. The third kappa shape index (κ3) is 6.98. The van der Waals surface area contributed by atoms with Gasteiger partial charge in [0.2, 0.25) is 0 Å². The molecule has 0 aliphatic heterocycles. The molecule has 0 aromatic carbocycles. The van der Waals surface area contributed by atoms with Crippen molar-refractivity contribution in [3.63, 3.8) is 0 Å². The zero-order valence-corrected chi connectivity index (χ0v) is 17.2. The van der Waals surface area contributed by atoms with E-state index in [4.69, 9.17) is 9.15 Å². The highest BCUT2D eigenvalue weighted by molar-refractivity contribution is 14.0. The van der Waals surface area contributed by atoms with E-state index in [2.05, 4.69) is 10.3 Å². The topological polar surface area (TPSA) is 70.2 Å². The summed E-state index contributed by atoms with van der Waals surface area (Å²) in [5.74, 6) is 2.06. The maximum atomic E-state index is 10.5. The molecule has 1 fully saturated rings. The van der Waals surface area contributed by atoms with Gasteiger partial charge in [0.1, 0.15) is 11.4 Å². The summed E-state index contributed by atoms with van der Waals surface area (Å²) >= 11 is 0. The summed E-state index contributed by atoms with van der Waals surface area (Å²) in [7, 11) is 1.98. The van der Waals surface area contributed by atoms with Gasteiger partial charge in [0.05, 0.1) is 19.4 Å². The minimum atomic E-state index is -1.12. The number of furan rings is 1. The van der Waals surface area contributed by atoms with Crippen molar-refractivity contribution in [3.8, 4) is 0 Å². The summed E-state index contributed by atoms with van der Waals surface area (Å²) in [6.07, 6.45) is 4.17. The van der Waals surface area contributed by atoms with Crippen LogP contribution in [0.5, 0.6) is 0 Å². The van der Waals surface area contributed by atoms with Crippen LogP contribution in [0.1, 0.15) is 32.4 Å². The number of nitrogens with one attached hydrogen (secondary N) is 1. The van der Waals surface area contributed by atoms with E-state index >= 15 is 0 Å². The first-order valence-corrected chi connectivity index (χ1v) is 8.36. The summed E-state index contributed by atoms with van der Waals surface area (Å²) in [5.41, 5.74) is -1.12. The molecule has 1 saturated carbocycles. The van der Waals surface area contributed by atoms with Crippen molar-refractivity contribution >= 4 is 29.9 Å². The summed E-state index contributed by atoms with van der Waals surface area (Å²) in [6, 6.07) is 3.53. The number of rotatable bonds is 9. The second-order valence-corrected chi connectivity index (χ2v) is 6.36. The molecule has 7 heteroatoms. The van der Waals surface area contributed by atoms with Gasteiger partial charge in [0, 0.05) is 26.7 Å². The molecule has 1 aromatic heterocycles. The highest BCUT2D eigenvalue weighted by Crippen LogP contribution is 2.28. The lowest BCUT2D eigenvalue weighted by Crippen LogP contribution is -2.41. The number of aliphatic imine (C=N–C) groups is 1. The second kappa shape index (κ2) is 10.2. The molecule has 1 unspecified atom stereocenters. The van der Waals surface area contributed by atoms with Crippen molar-refractivity contribution in [2.75, 3.05) is 39.9 Å². The first-order valence-electron chi connectivity index (χ1n) is 8.36. The third-order valence-corrected chi connectivity index (χ3v) is 3.91. The average molecular weight is 451 g/mol. The van der Waals surface area contributed by atoms with E-state index in [0.29, 0.717) is 12.4 Å². The van der Waals surface area contributed by atoms with Gasteiger partial charge in [-0.25, -0.2) is 4.99 Å². The lowest BCUT2D eigenvalue weighted by molar-refractivity contribution is 0.0434. The van der Waals surface area contributed by atoms with E-state index in [1.807, 2.05) is 18.9 Å². The predicted molar refractivity (Wildman–Crippen MR) is 106 cm³/mol. The first kappa shape index (κ1) is 21.2. The predicted octanol–water partition coefficient (Wildman–Crippen LogP) is 2.43. The summed E-state index contributed by atoms with van der Waals surface area (Å²) in [4.78, 5) is 6.56. The van der Waals surface area contributed by atoms with E-state index in [1.165, 1.54) is 12.8 Å². The van der Waals surface area contributed by atoms with Gasteiger partial charge in [-0.2, -0.15) is 0 Å². The lowest BCUT2D eigenvalue weighted by atomic mass is 10.0. The van der Waals surface area contributed by atoms with Crippen molar-refractivity contribution < 1.29 is 14.3 Å². The molecule has 1 aliphatic rings. The molecular formula is C17H30IN3O3. The van der Waals surface area contributed by atoms with Crippen molar-refractivity contribution in [2.24, 2.45) is 10.9 Å². The molecule has 6 nitrogen and oxygen atoms in total. The SMILES string of the molecule is CCNC(=NCC(C)(O)c1ccco1)N(C)CCOCC1CC1.I. The van der Waals surface area contributed by atoms with Gasteiger partial charge in [-0.1, -0.05) is 0 Å². The van der Waals surface area contributed by atoms with E-state index in [0.717, 1.165) is 31.6 Å². The molecule has 2 N–H and O–H groups in total. The number of hydrogen-bond acceptors (Lipinski definition) is 4. The number of likely N-dealkylation sites (N-methyl/N-ethyl adjacent to an activating group) is 1. The highest BCUT2D eigenvalue weighted by Gasteiger charge is 2.26. The molecule has 1 heterocycles. The molecular weight excluding hydrogens is 421 g/mol. The van der Waals surface area contributed by atoms with Crippen LogP contribution in [0.25, 0.3) is 0 Å². The largest absolute Gasteiger partial charge is 0.466 e. The first-order chi connectivity index (χ1) is 11.0. The number of guanidine groups is 1. The molecule has 2 rings (SSSR count). The molecule has 24 heavy (non-hydrogen) atoms. The second-order valence-electron chi connectivity index (χ2n) is 6.36. The van der Waals surface area contributed by atoms with Crippen LogP contribution in [-0.2, 0) is 10.3 Å². The zero-order valence-electron chi connectivity index (χ0n) is 14.8. The lowest BCUT2D eigenvalue weighted by Gasteiger charge is -2.24. The van der Waals surface area contributed by atoms with E-state index in [-0.39, 0.29) is 30.5 Å². The Morgan fingerprint density at radius 1 is 1.54 bits per heavy atom. The van der Waals surface area contributed by atoms with Crippen molar-refractivity contribution in [1.82, 2.24) is 10.2 Å². The quantitative estimate of drug-likeness (QED) is 0.261. The van der Waals surface area contributed by atoms with Crippen molar-refractivity contribution in [1.29, 1.82) is 0 Å². The summed E-state index contributed by atoms with van der Waals surface area (Å²) in [6.45, 7) is 7.06. The third-order valence-electron chi connectivity index (χ3n) is 3.91. The van der Waals surface area contributed by atoms with Crippen LogP contribution in [0.15, 0.2) is 27.8 Å². The molecule has 1 atom stereocenters. The minimum absolute atomic E-state index is 0. The smallest absolute Gasteiger partial charge is 0.193 e. The Morgan fingerprint density at radius 3 is 2.88 bits per heavy atom. The van der Waals surface area contributed by atoms with Crippen LogP contribution < -0.4 is 5.32 Å². The Morgan fingerprint density at radius 2 is 2.29 bits per heavy atom. The standard InChI is InChI=1S/C17H29N3O3.HI/c1-4-18-16(20(3)9-11-22-12-14-7-8-14)19-13-17(2,21)15-6-5-10-23-15;/h5-6,10,14,21H,4,7-9,11-13H2,1-3H3,(H,18,19);1H. The van der Waals surface area contributed by atoms with Crippen LogP contribution in [-0.4, -0.2) is 55.9 Å². The van der Waals surface area contributed by atoms with Crippen LogP contribution in [0.4, 0.5) is 0 Å². The van der Waals surface area contributed by atoms with Crippen LogP contribution in [0, 0.1) is 5.92 Å². The number of ether oxygens (including phenoxy) is 1. The molecule has 138 valence electrons. The minimum Gasteiger partial charge on any atom is -0.466 e. The van der Waals surface area contributed by atoms with Crippen molar-refractivity contribution in [3.05, 3.63) is 24.2 Å². The molecule has 0 saturated heterocycles. The molecule has 0 radical (unpaired) electrons. The van der Waals surface area contributed by atoms with E-state index in [9.17, 15) is 5.11 Å². The fourth-order valence-corrected chi connectivity index (χ4v) is 2.20. The van der Waals surface area contributed by atoms with Gasteiger partial charge in [0.15, 0.2) is 5.96 Å². The Kier molecular flexibility index (Phi) is 9.07. The Balaban J connectivity index is 0.00000288. The number of halogens is 1. The maximum absolute atomic E-state index is 10.5. The van der Waals surface area contributed by atoms with Crippen LogP contribution in [0.2, 0.25) is 0 Å². The molecule has 0 amide bonds. The molecule has 0 spiro atoms. The fourth-order valence-electron chi connectivity index (χ4n) is 2.20. The Bertz CT molecular complexity index is 487. The monoisotopic (exact) mass is 451 g/mol.